The number of rotatable bonds is 5. The minimum absolute atomic E-state index is 0.0395. The molecule has 4 aliphatic rings. The molecule has 2 fully saturated rings. The number of fused-ring (bicyclic) bond motifs is 4. The third-order valence-electron chi connectivity index (χ3n) is 11.1. The van der Waals surface area contributed by atoms with E-state index in [4.69, 9.17) is 0 Å². The van der Waals surface area contributed by atoms with E-state index >= 15 is 0 Å². The predicted octanol–water partition coefficient (Wildman–Crippen LogP) is 5.43. The van der Waals surface area contributed by atoms with Crippen LogP contribution >= 0.6 is 0 Å². The maximum absolute atomic E-state index is 12.8. The molecule has 0 heterocycles. The fraction of sp³-hybridized carbons (Fsp3) is 0.897. The molecule has 4 heteroatoms. The molecule has 2 saturated carbocycles. The van der Waals surface area contributed by atoms with Gasteiger partial charge in [0.2, 0.25) is 0 Å². The van der Waals surface area contributed by atoms with Crippen molar-refractivity contribution >= 4 is 5.78 Å². The highest BCUT2D eigenvalue weighted by Crippen LogP contribution is 2.67. The molecule has 33 heavy (non-hydrogen) atoms. The van der Waals surface area contributed by atoms with E-state index in [9.17, 15) is 20.1 Å². The van der Waals surface area contributed by atoms with Crippen LogP contribution in [0.2, 0.25) is 0 Å². The number of hydrogen-bond acceptors (Lipinski definition) is 4. The van der Waals surface area contributed by atoms with E-state index in [1.807, 2.05) is 0 Å². The van der Waals surface area contributed by atoms with Gasteiger partial charge in [0.15, 0.2) is 5.78 Å². The van der Waals surface area contributed by atoms with Crippen molar-refractivity contribution in [2.45, 2.75) is 124 Å². The molecular weight excluding hydrogens is 412 g/mol. The van der Waals surface area contributed by atoms with E-state index in [-0.39, 0.29) is 11.2 Å². The number of carbonyl (C=O) groups is 1. The van der Waals surface area contributed by atoms with Crippen LogP contribution in [0.25, 0.3) is 0 Å². The van der Waals surface area contributed by atoms with Gasteiger partial charge in [0.1, 0.15) is 6.10 Å². The molecule has 188 valence electrons. The summed E-state index contributed by atoms with van der Waals surface area (Å²) in [5.74, 6) is 2.15. The third kappa shape index (κ3) is 3.87. The lowest BCUT2D eigenvalue weighted by Gasteiger charge is -2.58. The number of Topliss-reactive ketones (excluding diaryl/α,β-unsaturated/α-hetero) is 1. The molecule has 0 spiro atoms. The van der Waals surface area contributed by atoms with E-state index in [2.05, 4.69) is 34.6 Å². The Hall–Kier alpha value is -0.710. The number of ketones is 1. The van der Waals surface area contributed by atoms with Gasteiger partial charge in [0, 0.05) is 5.41 Å². The molecule has 8 atom stereocenters. The van der Waals surface area contributed by atoms with Gasteiger partial charge in [0.25, 0.3) is 0 Å². The number of aliphatic hydroxyl groups is 3. The number of carbonyl (C=O) groups excluding carboxylic acids is 1. The topological polar surface area (TPSA) is 77.8 Å². The van der Waals surface area contributed by atoms with E-state index in [1.54, 1.807) is 25.0 Å². The molecule has 0 aliphatic heterocycles. The Kier molecular flexibility index (Phi) is 6.28. The zero-order valence-corrected chi connectivity index (χ0v) is 22.1. The summed E-state index contributed by atoms with van der Waals surface area (Å²) in [7, 11) is 0. The van der Waals surface area contributed by atoms with Crippen LogP contribution in [0.5, 0.6) is 0 Å². The first-order valence-electron chi connectivity index (χ1n) is 13.5. The van der Waals surface area contributed by atoms with Crippen molar-refractivity contribution in [3.05, 3.63) is 11.1 Å². The summed E-state index contributed by atoms with van der Waals surface area (Å²) in [6, 6.07) is 0. The van der Waals surface area contributed by atoms with Gasteiger partial charge in [-0.3, -0.25) is 4.79 Å². The predicted molar refractivity (Wildman–Crippen MR) is 132 cm³/mol. The van der Waals surface area contributed by atoms with Crippen LogP contribution in [-0.4, -0.2) is 38.9 Å². The van der Waals surface area contributed by atoms with Crippen molar-refractivity contribution in [2.24, 2.45) is 39.9 Å². The molecular formula is C29H48O4. The molecule has 0 aromatic carbocycles. The molecule has 0 saturated heterocycles. The lowest BCUT2D eigenvalue weighted by atomic mass is 9.45. The molecule has 0 radical (unpaired) electrons. The van der Waals surface area contributed by atoms with Gasteiger partial charge >= 0.3 is 0 Å². The van der Waals surface area contributed by atoms with Gasteiger partial charge in [-0.1, -0.05) is 45.8 Å². The van der Waals surface area contributed by atoms with Gasteiger partial charge in [-0.05, 0) is 106 Å². The quantitative estimate of drug-likeness (QED) is 0.478. The van der Waals surface area contributed by atoms with Crippen LogP contribution in [0, 0.1) is 39.9 Å². The van der Waals surface area contributed by atoms with Gasteiger partial charge in [-0.15, -0.1) is 0 Å². The van der Waals surface area contributed by atoms with Crippen LogP contribution in [0.4, 0.5) is 0 Å². The Bertz CT molecular complexity index is 820. The van der Waals surface area contributed by atoms with E-state index < -0.39 is 23.2 Å². The minimum atomic E-state index is -1.04. The molecule has 0 bridgehead atoms. The first kappa shape index (κ1) is 25.4. The van der Waals surface area contributed by atoms with Crippen molar-refractivity contribution in [1.29, 1.82) is 0 Å². The van der Waals surface area contributed by atoms with Crippen LogP contribution in [-0.2, 0) is 4.79 Å². The van der Waals surface area contributed by atoms with Crippen molar-refractivity contribution in [2.75, 3.05) is 0 Å². The molecule has 2 unspecified atom stereocenters. The zero-order chi connectivity index (χ0) is 24.6. The van der Waals surface area contributed by atoms with Crippen LogP contribution < -0.4 is 0 Å². The molecule has 0 aromatic rings. The highest BCUT2D eigenvalue weighted by atomic mass is 16.3. The summed E-state index contributed by atoms with van der Waals surface area (Å²) in [5.41, 5.74) is 1.99. The molecule has 4 aliphatic carbocycles. The number of aliphatic hydroxyl groups excluding tert-OH is 2. The summed E-state index contributed by atoms with van der Waals surface area (Å²) < 4.78 is 0. The standard InChI is InChI=1S/C29H48O4/c1-17(8-13-24(31)27(4,5)33)19-10-11-20-18-9-12-23-26(2,3)25(32)22(30)16-29(23,7)21(18)14-15-28(19,20)6/h17,19-20,22-24,30-31,33H,8-16H2,1-7H3/t17-,19-,20?,22-,23+,24?,28-,29-/m1/s1. The fourth-order valence-electron chi connectivity index (χ4n) is 9.20. The Morgan fingerprint density at radius 3 is 2.36 bits per heavy atom. The first-order chi connectivity index (χ1) is 15.1. The first-order valence-corrected chi connectivity index (χ1v) is 13.5. The average Bonchev–Trinajstić information content (AvgIpc) is 3.06. The van der Waals surface area contributed by atoms with E-state index in [0.29, 0.717) is 41.9 Å². The second-order valence-electron chi connectivity index (χ2n) is 13.8. The van der Waals surface area contributed by atoms with E-state index in [1.165, 1.54) is 19.3 Å². The summed E-state index contributed by atoms with van der Waals surface area (Å²) in [5, 5.41) is 31.2. The summed E-state index contributed by atoms with van der Waals surface area (Å²) >= 11 is 0. The number of hydrogen-bond donors (Lipinski definition) is 3. The normalized spacial score (nSPS) is 42.4. The highest BCUT2D eigenvalue weighted by Gasteiger charge is 2.61. The fourth-order valence-corrected chi connectivity index (χ4v) is 9.20. The van der Waals surface area contributed by atoms with Gasteiger partial charge in [0.05, 0.1) is 11.7 Å². The van der Waals surface area contributed by atoms with E-state index in [0.717, 1.165) is 25.7 Å². The van der Waals surface area contributed by atoms with Gasteiger partial charge < -0.3 is 15.3 Å². The molecule has 3 N–H and O–H groups in total. The zero-order valence-electron chi connectivity index (χ0n) is 22.1. The lowest BCUT2D eigenvalue weighted by Crippen LogP contribution is -2.56. The summed E-state index contributed by atoms with van der Waals surface area (Å²) in [4.78, 5) is 12.8. The smallest absolute Gasteiger partial charge is 0.167 e. The third-order valence-corrected chi connectivity index (χ3v) is 11.1. The maximum Gasteiger partial charge on any atom is 0.167 e. The number of allylic oxidation sites excluding steroid dienone is 2. The van der Waals surface area contributed by atoms with Crippen LogP contribution in [0.3, 0.4) is 0 Å². The summed E-state index contributed by atoms with van der Waals surface area (Å²) in [6.07, 6.45) is 7.62. The van der Waals surface area contributed by atoms with Crippen LogP contribution in [0.15, 0.2) is 11.1 Å². The van der Waals surface area contributed by atoms with Gasteiger partial charge in [-0.25, -0.2) is 0 Å². The Morgan fingerprint density at radius 1 is 1.06 bits per heavy atom. The van der Waals surface area contributed by atoms with Crippen molar-refractivity contribution in [3.63, 3.8) is 0 Å². The Balaban J connectivity index is 1.57. The van der Waals surface area contributed by atoms with Crippen LogP contribution in [0.1, 0.15) is 106 Å². The monoisotopic (exact) mass is 460 g/mol. The Labute approximate surface area is 201 Å². The van der Waals surface area contributed by atoms with Crippen molar-refractivity contribution in [1.82, 2.24) is 0 Å². The molecule has 0 amide bonds. The molecule has 4 rings (SSSR count). The Morgan fingerprint density at radius 2 is 1.73 bits per heavy atom. The lowest BCUT2D eigenvalue weighted by molar-refractivity contribution is -0.153. The molecule has 0 aromatic heterocycles. The highest BCUT2D eigenvalue weighted by molar-refractivity contribution is 5.89. The van der Waals surface area contributed by atoms with Gasteiger partial charge in [-0.2, -0.15) is 0 Å². The van der Waals surface area contributed by atoms with Crippen molar-refractivity contribution in [3.8, 4) is 0 Å². The summed E-state index contributed by atoms with van der Waals surface area (Å²) in [6.45, 7) is 14.7. The SMILES string of the molecule is C[C@H](CCC(O)C(C)(C)O)[C@H]1CCC2C3=C(CC[C@@]21C)[C@@]1(C)C[C@@H](O)C(=O)C(C)(C)[C@@H]1CC3. The van der Waals surface area contributed by atoms with Crippen molar-refractivity contribution < 1.29 is 20.1 Å². The maximum atomic E-state index is 12.8. The minimum Gasteiger partial charge on any atom is -0.390 e. The second-order valence-corrected chi connectivity index (χ2v) is 13.8. The second kappa shape index (κ2) is 8.17. The molecule has 4 nitrogen and oxygen atoms in total. The average molecular weight is 461 g/mol. The largest absolute Gasteiger partial charge is 0.390 e.